The van der Waals surface area contributed by atoms with Gasteiger partial charge in [-0.15, -0.1) is 0 Å². The standard InChI is InChI=1S/C38H41F6N3O6.Na/c1-22(2)25-9-10-32(50-5)31(14-25)30-17-34(53-23(3)4)33(51-6)15-26(30)21-47(36-45-18-29(19-46-36)52-11-7-8-35(48)49)20-24-12-27(37(39,40)41)16-28(13-24)38(42,43)44;/h9-10,12-19,22-23H,7-8,11,20-21H2,1-6H3,(H,48,49);/q;+1. The molecule has 0 saturated carbocycles. The normalized spacial score (nSPS) is 11.7. The summed E-state index contributed by atoms with van der Waals surface area (Å²) in [4.78, 5) is 21.0. The topological polar surface area (TPSA) is 103 Å². The zero-order chi connectivity index (χ0) is 39.1. The number of hydrogen-bond acceptors (Lipinski definition) is 8. The van der Waals surface area contributed by atoms with Gasteiger partial charge in [-0.25, -0.2) is 9.97 Å². The largest absolute Gasteiger partial charge is 1.00 e. The molecule has 0 bridgehead atoms. The number of anilines is 1. The molecule has 286 valence electrons. The molecule has 0 spiro atoms. The number of nitrogens with zero attached hydrogens (tertiary/aromatic N) is 3. The van der Waals surface area contributed by atoms with E-state index in [-0.39, 0.29) is 90.9 Å². The molecule has 54 heavy (non-hydrogen) atoms. The van der Waals surface area contributed by atoms with Gasteiger partial charge in [0.05, 0.1) is 50.5 Å². The average molecular weight is 773 g/mol. The Labute approximate surface area is 331 Å². The van der Waals surface area contributed by atoms with Gasteiger partial charge in [0, 0.05) is 25.1 Å². The molecule has 4 aromatic rings. The van der Waals surface area contributed by atoms with Gasteiger partial charge in [-0.05, 0) is 90.9 Å². The van der Waals surface area contributed by atoms with Crippen LogP contribution < -0.4 is 53.4 Å². The van der Waals surface area contributed by atoms with Gasteiger partial charge in [0.25, 0.3) is 0 Å². The van der Waals surface area contributed by atoms with E-state index < -0.39 is 36.0 Å². The van der Waals surface area contributed by atoms with E-state index in [9.17, 15) is 31.1 Å². The van der Waals surface area contributed by atoms with E-state index in [4.69, 9.17) is 24.1 Å². The van der Waals surface area contributed by atoms with Gasteiger partial charge in [-0.2, -0.15) is 26.3 Å². The quantitative estimate of drug-likeness (QED) is 0.0771. The SMILES string of the molecule is COc1cc(CN(Cc2cc(C(F)(F)F)cc(C(F)(F)F)c2)c2ncc(OCCCC(=O)O)cn2)c(-c2cc(C(C)C)ccc2OC)cc1OC(C)C.[Na+]. The number of alkyl halides is 6. The van der Waals surface area contributed by atoms with Gasteiger partial charge in [-0.3, -0.25) is 4.79 Å². The molecule has 0 saturated heterocycles. The summed E-state index contributed by atoms with van der Waals surface area (Å²) in [7, 11) is 2.96. The van der Waals surface area contributed by atoms with Crippen LogP contribution in [0.1, 0.15) is 74.3 Å². The van der Waals surface area contributed by atoms with Crippen molar-refractivity contribution < 1.29 is 84.7 Å². The summed E-state index contributed by atoms with van der Waals surface area (Å²) in [5.41, 5.74) is -0.424. The van der Waals surface area contributed by atoms with E-state index in [2.05, 4.69) is 9.97 Å². The molecule has 0 radical (unpaired) electrons. The van der Waals surface area contributed by atoms with E-state index in [1.807, 2.05) is 45.9 Å². The summed E-state index contributed by atoms with van der Waals surface area (Å²) in [6, 6.07) is 10.6. The minimum Gasteiger partial charge on any atom is -0.496 e. The third kappa shape index (κ3) is 11.9. The van der Waals surface area contributed by atoms with Crippen LogP contribution in [0.4, 0.5) is 32.3 Å². The minimum absolute atomic E-state index is 0. The first kappa shape index (κ1) is 44.2. The second kappa shape index (κ2) is 18.9. The van der Waals surface area contributed by atoms with Crippen molar-refractivity contribution in [3.05, 3.63) is 88.7 Å². The summed E-state index contributed by atoms with van der Waals surface area (Å²) < 4.78 is 106. The average Bonchev–Trinajstić information content (AvgIpc) is 3.09. The smallest absolute Gasteiger partial charge is 0.496 e. The number of halogens is 6. The van der Waals surface area contributed by atoms with Gasteiger partial charge in [-0.1, -0.05) is 19.9 Å². The van der Waals surface area contributed by atoms with Gasteiger partial charge in [0.2, 0.25) is 5.95 Å². The van der Waals surface area contributed by atoms with Crippen LogP contribution in [-0.2, 0) is 30.2 Å². The summed E-state index contributed by atoms with van der Waals surface area (Å²) >= 11 is 0. The molecule has 0 fully saturated rings. The molecule has 0 atom stereocenters. The van der Waals surface area contributed by atoms with Crippen LogP contribution in [0.5, 0.6) is 23.0 Å². The molecular formula is C38H41F6N3NaO6+. The van der Waals surface area contributed by atoms with Crippen LogP contribution in [0.15, 0.2) is 60.9 Å². The molecule has 0 aliphatic rings. The molecule has 0 unspecified atom stereocenters. The Bertz CT molecular complexity index is 1840. The van der Waals surface area contributed by atoms with Crippen molar-refractivity contribution in [2.24, 2.45) is 0 Å². The van der Waals surface area contributed by atoms with Crippen LogP contribution in [0.3, 0.4) is 0 Å². The fraction of sp³-hybridized carbons (Fsp3) is 0.395. The Balaban J connectivity index is 0.00000784. The van der Waals surface area contributed by atoms with Gasteiger partial charge in [0.15, 0.2) is 17.2 Å². The zero-order valence-corrected chi connectivity index (χ0v) is 33.1. The van der Waals surface area contributed by atoms with Crippen molar-refractivity contribution in [2.45, 2.75) is 78.0 Å². The maximum absolute atomic E-state index is 13.9. The van der Waals surface area contributed by atoms with Crippen molar-refractivity contribution in [1.29, 1.82) is 0 Å². The summed E-state index contributed by atoms with van der Waals surface area (Å²) in [5.74, 6) is 0.531. The molecular weight excluding hydrogens is 731 g/mol. The van der Waals surface area contributed by atoms with Gasteiger partial charge < -0.3 is 29.0 Å². The molecule has 0 amide bonds. The van der Waals surface area contributed by atoms with Crippen molar-refractivity contribution >= 4 is 11.9 Å². The number of rotatable bonds is 16. The number of benzene rings is 3. The van der Waals surface area contributed by atoms with Gasteiger partial charge in [0.1, 0.15) is 5.75 Å². The van der Waals surface area contributed by atoms with Gasteiger partial charge >= 0.3 is 47.9 Å². The Hall–Kier alpha value is -4.21. The van der Waals surface area contributed by atoms with Crippen LogP contribution in [0, 0.1) is 0 Å². The fourth-order valence-corrected chi connectivity index (χ4v) is 5.48. The maximum Gasteiger partial charge on any atom is 1.00 e. The molecule has 1 N–H and O–H groups in total. The summed E-state index contributed by atoms with van der Waals surface area (Å²) in [6.07, 6.45) is -7.68. The zero-order valence-electron chi connectivity index (χ0n) is 31.1. The van der Waals surface area contributed by atoms with Crippen molar-refractivity contribution in [1.82, 2.24) is 9.97 Å². The van der Waals surface area contributed by atoms with Crippen LogP contribution in [0.2, 0.25) is 0 Å². The molecule has 1 heterocycles. The Morgan fingerprint density at radius 1 is 0.796 bits per heavy atom. The Morgan fingerprint density at radius 2 is 1.41 bits per heavy atom. The van der Waals surface area contributed by atoms with Crippen molar-refractivity contribution in [3.63, 3.8) is 0 Å². The molecule has 9 nitrogen and oxygen atoms in total. The number of carbonyl (C=O) groups is 1. The number of aromatic nitrogens is 2. The van der Waals surface area contributed by atoms with Crippen LogP contribution in [-0.4, -0.2) is 48.0 Å². The first-order chi connectivity index (χ1) is 24.9. The molecule has 0 aliphatic heterocycles. The number of carboxylic acid groups (broad SMARTS) is 1. The fourth-order valence-electron chi connectivity index (χ4n) is 5.48. The number of carboxylic acids is 1. The monoisotopic (exact) mass is 772 g/mol. The molecule has 1 aromatic heterocycles. The first-order valence-corrected chi connectivity index (χ1v) is 16.6. The predicted octanol–water partition coefficient (Wildman–Crippen LogP) is 6.56. The number of aliphatic carboxylic acids is 1. The third-order valence-electron chi connectivity index (χ3n) is 8.02. The molecule has 4 rings (SSSR count). The van der Waals surface area contributed by atoms with E-state index in [1.165, 1.54) is 31.5 Å². The van der Waals surface area contributed by atoms with E-state index in [0.29, 0.717) is 46.1 Å². The number of methoxy groups -OCH3 is 2. The summed E-state index contributed by atoms with van der Waals surface area (Å²) in [6.45, 7) is 7.19. The maximum atomic E-state index is 13.9. The van der Waals surface area contributed by atoms with Crippen LogP contribution >= 0.6 is 0 Å². The van der Waals surface area contributed by atoms with E-state index in [0.717, 1.165) is 5.56 Å². The molecule has 0 aliphatic carbocycles. The van der Waals surface area contributed by atoms with E-state index >= 15 is 0 Å². The molecule has 16 heteroatoms. The Morgan fingerprint density at radius 3 is 1.93 bits per heavy atom. The Kier molecular flexibility index (Phi) is 15.5. The number of ether oxygens (including phenoxy) is 4. The predicted molar refractivity (Wildman–Crippen MR) is 186 cm³/mol. The van der Waals surface area contributed by atoms with Crippen molar-refractivity contribution in [3.8, 4) is 34.1 Å². The van der Waals surface area contributed by atoms with E-state index in [1.54, 1.807) is 12.1 Å². The van der Waals surface area contributed by atoms with Crippen molar-refractivity contribution in [2.75, 3.05) is 25.7 Å². The number of hydrogen-bond donors (Lipinski definition) is 1. The summed E-state index contributed by atoms with van der Waals surface area (Å²) in [5, 5.41) is 8.89. The minimum atomic E-state index is -5.05. The molecule has 3 aromatic carbocycles. The second-order valence-electron chi connectivity index (χ2n) is 12.8. The second-order valence-corrected chi connectivity index (χ2v) is 12.8. The first-order valence-electron chi connectivity index (χ1n) is 16.6. The van der Waals surface area contributed by atoms with Crippen LogP contribution in [0.25, 0.3) is 11.1 Å². The third-order valence-corrected chi connectivity index (χ3v) is 8.02.